The Morgan fingerprint density at radius 3 is 2.94 bits per heavy atom. The summed E-state index contributed by atoms with van der Waals surface area (Å²) in [7, 11) is 1.93. The molecule has 2 rings (SSSR count). The van der Waals surface area contributed by atoms with Crippen molar-refractivity contribution in [2.24, 2.45) is 0 Å². The minimum Gasteiger partial charge on any atom is -0.466 e. The maximum atomic E-state index is 11.8. The van der Waals surface area contributed by atoms with Crippen LogP contribution in [0.3, 0.4) is 0 Å². The van der Waals surface area contributed by atoms with Crippen molar-refractivity contribution in [3.63, 3.8) is 0 Å². The third-order valence-electron chi connectivity index (χ3n) is 3.81. The zero-order valence-electron chi connectivity index (χ0n) is 11.2. The fraction of sp³-hybridized carbons (Fsp3) is 0.533. The van der Waals surface area contributed by atoms with Gasteiger partial charge in [0.2, 0.25) is 0 Å². The van der Waals surface area contributed by atoms with Crippen LogP contribution in [-0.2, 0) is 21.5 Å². The van der Waals surface area contributed by atoms with Crippen LogP contribution < -0.4 is 5.32 Å². The van der Waals surface area contributed by atoms with E-state index in [0.717, 1.165) is 19.3 Å². The van der Waals surface area contributed by atoms with Crippen molar-refractivity contribution in [2.45, 2.75) is 38.1 Å². The zero-order chi connectivity index (χ0) is 13.0. The van der Waals surface area contributed by atoms with E-state index in [0.29, 0.717) is 13.0 Å². The molecule has 0 saturated carbocycles. The van der Waals surface area contributed by atoms with E-state index in [9.17, 15) is 4.79 Å². The van der Waals surface area contributed by atoms with Gasteiger partial charge < -0.3 is 10.1 Å². The maximum absolute atomic E-state index is 11.8. The van der Waals surface area contributed by atoms with E-state index >= 15 is 0 Å². The number of hydrogen-bond donors (Lipinski definition) is 1. The lowest BCUT2D eigenvalue weighted by atomic mass is 9.74. The van der Waals surface area contributed by atoms with Crippen LogP contribution in [0.5, 0.6) is 0 Å². The number of esters is 1. The quantitative estimate of drug-likeness (QED) is 0.830. The molecule has 98 valence electrons. The van der Waals surface area contributed by atoms with Gasteiger partial charge in [-0.3, -0.25) is 4.79 Å². The molecule has 0 amide bonds. The van der Waals surface area contributed by atoms with Gasteiger partial charge in [-0.15, -0.1) is 0 Å². The van der Waals surface area contributed by atoms with Crippen molar-refractivity contribution >= 4 is 5.97 Å². The Labute approximate surface area is 109 Å². The second-order valence-corrected chi connectivity index (χ2v) is 4.82. The van der Waals surface area contributed by atoms with Crippen LogP contribution in [-0.4, -0.2) is 19.6 Å². The summed E-state index contributed by atoms with van der Waals surface area (Å²) in [5, 5.41) is 3.36. The average Bonchev–Trinajstić information content (AvgIpc) is 2.39. The van der Waals surface area contributed by atoms with Crippen LogP contribution in [0.1, 0.15) is 37.3 Å². The molecule has 0 aromatic heterocycles. The largest absolute Gasteiger partial charge is 0.466 e. The molecule has 0 spiro atoms. The van der Waals surface area contributed by atoms with E-state index in [4.69, 9.17) is 4.74 Å². The number of ether oxygens (including phenoxy) is 1. The van der Waals surface area contributed by atoms with Gasteiger partial charge in [0.1, 0.15) is 0 Å². The summed E-state index contributed by atoms with van der Waals surface area (Å²) < 4.78 is 5.11. The molecule has 1 aromatic rings. The lowest BCUT2D eigenvalue weighted by molar-refractivity contribution is -0.145. The summed E-state index contributed by atoms with van der Waals surface area (Å²) in [4.78, 5) is 11.8. The lowest BCUT2D eigenvalue weighted by Gasteiger charge is -2.38. The molecule has 1 aromatic carbocycles. The molecule has 3 nitrogen and oxygen atoms in total. The first-order chi connectivity index (χ1) is 8.72. The molecule has 1 unspecified atom stereocenters. The van der Waals surface area contributed by atoms with E-state index in [1.807, 2.05) is 20.0 Å². The van der Waals surface area contributed by atoms with Crippen LogP contribution in [0.25, 0.3) is 0 Å². The van der Waals surface area contributed by atoms with E-state index in [1.165, 1.54) is 11.1 Å². The molecule has 1 aliphatic rings. The standard InChI is InChI=1S/C15H21NO2/c1-3-18-14(17)11-15(16-2)10-6-8-12-7-4-5-9-13(12)15/h4-5,7,9,16H,3,6,8,10-11H2,1-2H3. The Hall–Kier alpha value is -1.35. The molecule has 1 atom stereocenters. The van der Waals surface area contributed by atoms with Crippen LogP contribution in [0.2, 0.25) is 0 Å². The number of nitrogens with one attached hydrogen (secondary N) is 1. The highest BCUT2D eigenvalue weighted by molar-refractivity contribution is 5.71. The maximum Gasteiger partial charge on any atom is 0.308 e. The predicted molar refractivity (Wildman–Crippen MR) is 71.4 cm³/mol. The van der Waals surface area contributed by atoms with Gasteiger partial charge in [-0.05, 0) is 44.4 Å². The first-order valence-electron chi connectivity index (χ1n) is 6.65. The van der Waals surface area contributed by atoms with Crippen LogP contribution >= 0.6 is 0 Å². The van der Waals surface area contributed by atoms with Gasteiger partial charge in [0.25, 0.3) is 0 Å². The lowest BCUT2D eigenvalue weighted by Crippen LogP contribution is -2.44. The molecular weight excluding hydrogens is 226 g/mol. The number of carbonyl (C=O) groups is 1. The number of benzene rings is 1. The molecule has 0 heterocycles. The summed E-state index contributed by atoms with van der Waals surface area (Å²) in [6.45, 7) is 2.29. The third kappa shape index (κ3) is 2.41. The van der Waals surface area contributed by atoms with Gasteiger partial charge in [0.05, 0.1) is 18.6 Å². The summed E-state index contributed by atoms with van der Waals surface area (Å²) >= 11 is 0. The van der Waals surface area contributed by atoms with E-state index < -0.39 is 0 Å². The third-order valence-corrected chi connectivity index (χ3v) is 3.81. The van der Waals surface area contributed by atoms with Gasteiger partial charge >= 0.3 is 5.97 Å². The van der Waals surface area contributed by atoms with Gasteiger partial charge in [-0.1, -0.05) is 24.3 Å². The molecule has 1 aliphatic carbocycles. The normalized spacial score (nSPS) is 22.3. The molecule has 1 N–H and O–H groups in total. The number of carbonyl (C=O) groups excluding carboxylic acids is 1. The fourth-order valence-corrected chi connectivity index (χ4v) is 2.91. The van der Waals surface area contributed by atoms with E-state index in [2.05, 4.69) is 23.5 Å². The Morgan fingerprint density at radius 2 is 2.22 bits per heavy atom. The van der Waals surface area contributed by atoms with Crippen LogP contribution in [0.4, 0.5) is 0 Å². The monoisotopic (exact) mass is 247 g/mol. The highest BCUT2D eigenvalue weighted by atomic mass is 16.5. The summed E-state index contributed by atoms with van der Waals surface area (Å²) in [5.41, 5.74) is 2.36. The highest BCUT2D eigenvalue weighted by Gasteiger charge is 2.37. The summed E-state index contributed by atoms with van der Waals surface area (Å²) in [6.07, 6.45) is 3.60. The first-order valence-corrected chi connectivity index (χ1v) is 6.65. The smallest absolute Gasteiger partial charge is 0.308 e. The minimum absolute atomic E-state index is 0.122. The summed E-state index contributed by atoms with van der Waals surface area (Å²) in [6, 6.07) is 8.40. The molecule has 0 fully saturated rings. The number of hydrogen-bond acceptors (Lipinski definition) is 3. The van der Waals surface area contributed by atoms with E-state index in [1.54, 1.807) is 0 Å². The van der Waals surface area contributed by atoms with Crippen molar-refractivity contribution in [2.75, 3.05) is 13.7 Å². The molecule has 0 aliphatic heterocycles. The number of fused-ring (bicyclic) bond motifs is 1. The van der Waals surface area contributed by atoms with Crippen molar-refractivity contribution < 1.29 is 9.53 Å². The molecule has 0 bridgehead atoms. The Bertz CT molecular complexity index is 430. The second-order valence-electron chi connectivity index (χ2n) is 4.82. The molecule has 3 heteroatoms. The zero-order valence-corrected chi connectivity index (χ0v) is 11.2. The van der Waals surface area contributed by atoms with Crippen molar-refractivity contribution in [1.29, 1.82) is 0 Å². The SMILES string of the molecule is CCOC(=O)CC1(NC)CCCc2ccccc21. The minimum atomic E-state index is -0.249. The topological polar surface area (TPSA) is 38.3 Å². The average molecular weight is 247 g/mol. The first kappa shape index (κ1) is 13.1. The van der Waals surface area contributed by atoms with Crippen LogP contribution in [0, 0.1) is 0 Å². The Balaban J connectivity index is 2.30. The Kier molecular flexibility index (Phi) is 4.02. The number of aryl methyl sites for hydroxylation is 1. The van der Waals surface area contributed by atoms with Gasteiger partial charge in [0, 0.05) is 0 Å². The Morgan fingerprint density at radius 1 is 1.44 bits per heavy atom. The van der Waals surface area contributed by atoms with E-state index in [-0.39, 0.29) is 11.5 Å². The summed E-state index contributed by atoms with van der Waals surface area (Å²) in [5.74, 6) is -0.122. The predicted octanol–water partition coefficient (Wildman–Crippen LogP) is 2.39. The molecule has 18 heavy (non-hydrogen) atoms. The highest BCUT2D eigenvalue weighted by Crippen LogP contribution is 2.37. The number of rotatable bonds is 4. The van der Waals surface area contributed by atoms with Gasteiger partial charge in [0.15, 0.2) is 0 Å². The van der Waals surface area contributed by atoms with Gasteiger partial charge in [-0.2, -0.15) is 0 Å². The van der Waals surface area contributed by atoms with Gasteiger partial charge in [-0.25, -0.2) is 0 Å². The van der Waals surface area contributed by atoms with Crippen molar-refractivity contribution in [3.8, 4) is 0 Å². The molecule has 0 radical (unpaired) electrons. The van der Waals surface area contributed by atoms with Crippen molar-refractivity contribution in [3.05, 3.63) is 35.4 Å². The van der Waals surface area contributed by atoms with Crippen LogP contribution in [0.15, 0.2) is 24.3 Å². The molecular formula is C15H21NO2. The second kappa shape index (κ2) is 5.53. The fourth-order valence-electron chi connectivity index (χ4n) is 2.91. The molecule has 0 saturated heterocycles. The van der Waals surface area contributed by atoms with Crippen molar-refractivity contribution in [1.82, 2.24) is 5.32 Å².